The number of hydrogen-bond donors (Lipinski definition) is 0. The molecule has 1 aromatic carbocycles. The molecule has 0 N–H and O–H groups in total. The molecular weight excluding hydrogens is 371 g/mol. The molecule has 1 amide bonds. The van der Waals surface area contributed by atoms with Crippen LogP contribution in [-0.2, 0) is 4.79 Å². The first kappa shape index (κ1) is 20.7. The van der Waals surface area contributed by atoms with Gasteiger partial charge in [-0.05, 0) is 43.9 Å². The number of nitrogens with zero attached hydrogens (tertiary/aromatic N) is 4. The molecule has 3 rings (SSSR count). The van der Waals surface area contributed by atoms with E-state index in [0.29, 0.717) is 36.4 Å². The third-order valence-electron chi connectivity index (χ3n) is 4.89. The molecule has 1 aliphatic rings. The van der Waals surface area contributed by atoms with E-state index in [1.165, 1.54) is 0 Å². The third kappa shape index (κ3) is 5.50. The maximum atomic E-state index is 12.9. The Balaban J connectivity index is 1.78. The van der Waals surface area contributed by atoms with E-state index < -0.39 is 6.67 Å². The molecule has 6 nitrogen and oxygen atoms in total. The van der Waals surface area contributed by atoms with E-state index in [9.17, 15) is 9.18 Å². The van der Waals surface area contributed by atoms with E-state index >= 15 is 0 Å². The van der Waals surface area contributed by atoms with E-state index in [-0.39, 0.29) is 17.9 Å². The molecule has 7 heteroatoms. The zero-order valence-electron chi connectivity index (χ0n) is 16.4. The summed E-state index contributed by atoms with van der Waals surface area (Å²) in [6.07, 6.45) is 5.03. The van der Waals surface area contributed by atoms with Gasteiger partial charge in [-0.25, -0.2) is 0 Å². The standard InChI is InChI=1S/C22H25FN4O2/c1-16(11-12-23)22(28)27(14-5-3-2-4-13-24)19-8-6-7-18(15-19)21-26-25-20(29-21)17-9-10-17/h6-8,15,17H,1-5,9-12,14H2. The molecule has 1 heterocycles. The monoisotopic (exact) mass is 396 g/mol. The first-order chi connectivity index (χ1) is 14.1. The highest BCUT2D eigenvalue weighted by Crippen LogP contribution is 2.40. The average molecular weight is 396 g/mol. The number of unbranched alkanes of at least 4 members (excludes halogenated alkanes) is 3. The fourth-order valence-corrected chi connectivity index (χ4v) is 3.06. The summed E-state index contributed by atoms with van der Waals surface area (Å²) in [5.41, 5.74) is 1.66. The number of anilines is 1. The minimum Gasteiger partial charge on any atom is -0.420 e. The lowest BCUT2D eigenvalue weighted by Crippen LogP contribution is -2.33. The van der Waals surface area contributed by atoms with Crippen molar-refractivity contribution < 1.29 is 13.6 Å². The van der Waals surface area contributed by atoms with Gasteiger partial charge in [0.15, 0.2) is 0 Å². The van der Waals surface area contributed by atoms with Gasteiger partial charge in [0.25, 0.3) is 5.91 Å². The molecule has 1 aromatic heterocycles. The number of hydrogen-bond acceptors (Lipinski definition) is 5. The third-order valence-corrected chi connectivity index (χ3v) is 4.89. The van der Waals surface area contributed by atoms with Crippen LogP contribution in [0.1, 0.15) is 56.8 Å². The van der Waals surface area contributed by atoms with E-state index in [2.05, 4.69) is 22.8 Å². The number of halogens is 1. The maximum Gasteiger partial charge on any atom is 0.253 e. The SMILES string of the molecule is C=C(CCF)C(=O)N(CCCCCC#N)c1cccc(-c2nnc(C3CC3)o2)c1. The summed E-state index contributed by atoms with van der Waals surface area (Å²) < 4.78 is 18.5. The summed E-state index contributed by atoms with van der Waals surface area (Å²) in [7, 11) is 0. The number of amides is 1. The molecule has 0 aliphatic heterocycles. The van der Waals surface area contributed by atoms with Crippen LogP contribution in [0.25, 0.3) is 11.5 Å². The summed E-state index contributed by atoms with van der Waals surface area (Å²) >= 11 is 0. The highest BCUT2D eigenvalue weighted by Gasteiger charge is 2.29. The predicted molar refractivity (Wildman–Crippen MR) is 108 cm³/mol. The number of alkyl halides is 1. The second-order valence-electron chi connectivity index (χ2n) is 7.24. The van der Waals surface area contributed by atoms with Gasteiger partial charge >= 0.3 is 0 Å². The Morgan fingerprint density at radius 2 is 2.14 bits per heavy atom. The number of carbonyl (C=O) groups excluding carboxylic acids is 1. The van der Waals surface area contributed by atoms with Crippen LogP contribution in [0.2, 0.25) is 0 Å². The molecule has 0 radical (unpaired) electrons. The zero-order valence-corrected chi connectivity index (χ0v) is 16.4. The second kappa shape index (κ2) is 9.97. The quantitative estimate of drug-likeness (QED) is 0.396. The topological polar surface area (TPSA) is 83.0 Å². The van der Waals surface area contributed by atoms with Crippen LogP contribution in [0.5, 0.6) is 0 Å². The van der Waals surface area contributed by atoms with Crippen molar-refractivity contribution >= 4 is 11.6 Å². The largest absolute Gasteiger partial charge is 0.420 e. The molecule has 152 valence electrons. The lowest BCUT2D eigenvalue weighted by molar-refractivity contribution is -0.115. The molecule has 1 saturated carbocycles. The fraction of sp³-hybridized carbons (Fsp3) is 0.455. The normalized spacial score (nSPS) is 13.1. The van der Waals surface area contributed by atoms with Crippen molar-refractivity contribution in [2.24, 2.45) is 0 Å². The molecule has 0 unspecified atom stereocenters. The Morgan fingerprint density at radius 3 is 2.86 bits per heavy atom. The first-order valence-corrected chi connectivity index (χ1v) is 10.0. The summed E-state index contributed by atoms with van der Waals surface area (Å²) in [5.74, 6) is 1.17. The molecule has 1 fully saturated rings. The van der Waals surface area contributed by atoms with Crippen molar-refractivity contribution in [3.8, 4) is 17.5 Å². The Labute approximate surface area is 170 Å². The van der Waals surface area contributed by atoms with Gasteiger partial charge < -0.3 is 9.32 Å². The highest BCUT2D eigenvalue weighted by molar-refractivity contribution is 6.05. The Kier molecular flexibility index (Phi) is 7.12. The van der Waals surface area contributed by atoms with E-state index in [4.69, 9.17) is 9.68 Å². The van der Waals surface area contributed by atoms with Gasteiger partial charge in [0.2, 0.25) is 11.8 Å². The van der Waals surface area contributed by atoms with Crippen molar-refractivity contribution in [3.05, 3.63) is 42.3 Å². The summed E-state index contributed by atoms with van der Waals surface area (Å²) in [6, 6.07) is 9.48. The van der Waals surface area contributed by atoms with Gasteiger partial charge in [0.05, 0.1) is 12.7 Å². The number of rotatable bonds is 11. The van der Waals surface area contributed by atoms with E-state index in [1.807, 2.05) is 24.3 Å². The van der Waals surface area contributed by atoms with Gasteiger partial charge in [-0.3, -0.25) is 9.18 Å². The van der Waals surface area contributed by atoms with Crippen LogP contribution >= 0.6 is 0 Å². The highest BCUT2D eigenvalue weighted by atomic mass is 19.1. The molecule has 29 heavy (non-hydrogen) atoms. The number of nitriles is 1. The predicted octanol–water partition coefficient (Wildman–Crippen LogP) is 4.95. The smallest absolute Gasteiger partial charge is 0.253 e. The van der Waals surface area contributed by atoms with Crippen LogP contribution in [0.15, 0.2) is 40.8 Å². The lowest BCUT2D eigenvalue weighted by Gasteiger charge is -2.24. The fourth-order valence-electron chi connectivity index (χ4n) is 3.06. The second-order valence-corrected chi connectivity index (χ2v) is 7.24. The van der Waals surface area contributed by atoms with Crippen molar-refractivity contribution in [3.63, 3.8) is 0 Å². The van der Waals surface area contributed by atoms with Gasteiger partial charge in [-0.1, -0.05) is 19.1 Å². The molecule has 0 atom stereocenters. The van der Waals surface area contributed by atoms with Crippen LogP contribution in [0.3, 0.4) is 0 Å². The molecule has 0 bridgehead atoms. The first-order valence-electron chi connectivity index (χ1n) is 10.0. The number of benzene rings is 1. The van der Waals surface area contributed by atoms with Crippen LogP contribution < -0.4 is 4.90 Å². The Hall–Kier alpha value is -3.01. The minimum atomic E-state index is -0.619. The Bertz CT molecular complexity index is 898. The van der Waals surface area contributed by atoms with E-state index in [0.717, 1.165) is 37.7 Å². The average Bonchev–Trinajstić information content (AvgIpc) is 3.47. The summed E-state index contributed by atoms with van der Waals surface area (Å²) in [6.45, 7) is 3.59. The molecule has 1 aliphatic carbocycles. The van der Waals surface area contributed by atoms with Crippen molar-refractivity contribution in [2.45, 2.75) is 50.9 Å². The maximum absolute atomic E-state index is 12.9. The molecule has 2 aromatic rings. The van der Waals surface area contributed by atoms with Crippen molar-refractivity contribution in [1.29, 1.82) is 5.26 Å². The van der Waals surface area contributed by atoms with Gasteiger partial charge in [0.1, 0.15) is 0 Å². The Morgan fingerprint density at radius 1 is 1.31 bits per heavy atom. The van der Waals surface area contributed by atoms with Crippen molar-refractivity contribution in [1.82, 2.24) is 10.2 Å². The number of carbonyl (C=O) groups is 1. The molecule has 0 spiro atoms. The van der Waals surface area contributed by atoms with Crippen LogP contribution in [0.4, 0.5) is 10.1 Å². The lowest BCUT2D eigenvalue weighted by atomic mass is 10.1. The minimum absolute atomic E-state index is 0.0118. The summed E-state index contributed by atoms with van der Waals surface area (Å²) in [4.78, 5) is 14.5. The zero-order chi connectivity index (χ0) is 20.6. The van der Waals surface area contributed by atoms with E-state index in [1.54, 1.807) is 4.90 Å². The van der Waals surface area contributed by atoms with Gasteiger partial charge in [-0.2, -0.15) is 5.26 Å². The van der Waals surface area contributed by atoms with Crippen LogP contribution in [-0.4, -0.2) is 29.3 Å². The number of aromatic nitrogens is 2. The molecular formula is C22H25FN4O2. The van der Waals surface area contributed by atoms with Crippen LogP contribution in [0, 0.1) is 11.3 Å². The van der Waals surface area contributed by atoms with Gasteiger partial charge in [-0.15, -0.1) is 10.2 Å². The molecule has 0 saturated heterocycles. The van der Waals surface area contributed by atoms with Gasteiger partial charge in [0, 0.05) is 42.1 Å². The van der Waals surface area contributed by atoms with Crippen molar-refractivity contribution in [2.75, 3.05) is 18.1 Å². The summed E-state index contributed by atoms with van der Waals surface area (Å²) in [5, 5.41) is 16.9.